The van der Waals surface area contributed by atoms with Crippen molar-refractivity contribution in [1.82, 2.24) is 5.32 Å². The van der Waals surface area contributed by atoms with Crippen LogP contribution in [0.5, 0.6) is 0 Å². The lowest BCUT2D eigenvalue weighted by molar-refractivity contribution is 0.116. The van der Waals surface area contributed by atoms with Gasteiger partial charge in [-0.05, 0) is 37.8 Å². The van der Waals surface area contributed by atoms with Crippen LogP contribution in [0.1, 0.15) is 37.2 Å². The Morgan fingerprint density at radius 3 is 2.63 bits per heavy atom. The van der Waals surface area contributed by atoms with Gasteiger partial charge in [-0.25, -0.2) is 0 Å². The first-order valence-corrected chi connectivity index (χ1v) is 7.57. The number of halogens is 2. The van der Waals surface area contributed by atoms with Crippen molar-refractivity contribution in [2.45, 2.75) is 55.9 Å². The van der Waals surface area contributed by atoms with E-state index in [0.717, 1.165) is 31.4 Å². The van der Waals surface area contributed by atoms with Crippen LogP contribution in [0.4, 0.5) is 8.78 Å². The minimum Gasteiger partial charge on any atom is -0.464 e. The lowest BCUT2D eigenvalue weighted by atomic mass is 9.93. The molecule has 0 atom stereocenters. The molecule has 1 heterocycles. The van der Waals surface area contributed by atoms with Gasteiger partial charge >= 0.3 is 0 Å². The summed E-state index contributed by atoms with van der Waals surface area (Å²) in [6.07, 6.45) is 3.46. The minimum absolute atomic E-state index is 0.153. The maximum Gasteiger partial charge on any atom is 0.284 e. The van der Waals surface area contributed by atoms with E-state index in [0.29, 0.717) is 30.1 Å². The Bertz CT molecular complexity index is 378. The third-order valence-electron chi connectivity index (χ3n) is 3.33. The lowest BCUT2D eigenvalue weighted by Crippen LogP contribution is -2.34. The van der Waals surface area contributed by atoms with Gasteiger partial charge in [0, 0.05) is 6.04 Å². The van der Waals surface area contributed by atoms with Crippen LogP contribution < -0.4 is 5.32 Å². The molecule has 0 amide bonds. The van der Waals surface area contributed by atoms with Crippen molar-refractivity contribution >= 4 is 11.8 Å². The molecule has 6 heteroatoms. The Balaban J connectivity index is 1.71. The molecule has 1 aliphatic carbocycles. The maximum absolute atomic E-state index is 12.0. The SMILES string of the molecule is OC1CCC(NCc2ccc(CSC(F)F)o2)CC1. The Kier molecular flexibility index (Phi) is 5.66. The van der Waals surface area contributed by atoms with Gasteiger partial charge in [-0.1, -0.05) is 11.8 Å². The first kappa shape index (κ1) is 14.8. The van der Waals surface area contributed by atoms with Crippen molar-refractivity contribution < 1.29 is 18.3 Å². The standard InChI is InChI=1S/C13H19F2NO2S/c14-13(15)19-8-12-6-5-11(18-12)7-16-9-1-3-10(17)4-2-9/h5-6,9-10,13,16-17H,1-4,7-8H2. The zero-order valence-electron chi connectivity index (χ0n) is 10.6. The number of aliphatic hydroxyl groups excluding tert-OH is 1. The molecule has 0 bridgehead atoms. The molecule has 108 valence electrons. The fraction of sp³-hybridized carbons (Fsp3) is 0.692. The highest BCUT2D eigenvalue weighted by atomic mass is 32.2. The van der Waals surface area contributed by atoms with E-state index in [4.69, 9.17) is 4.42 Å². The Hall–Kier alpha value is -0.590. The fourth-order valence-corrected chi connectivity index (χ4v) is 2.71. The Morgan fingerprint density at radius 1 is 1.26 bits per heavy atom. The molecular weight excluding hydrogens is 272 g/mol. The molecule has 1 saturated carbocycles. The molecular formula is C13H19F2NO2S. The molecule has 0 aromatic carbocycles. The predicted molar refractivity (Wildman–Crippen MR) is 71.1 cm³/mol. The first-order valence-electron chi connectivity index (χ1n) is 6.52. The molecule has 19 heavy (non-hydrogen) atoms. The lowest BCUT2D eigenvalue weighted by Gasteiger charge is -2.25. The summed E-state index contributed by atoms with van der Waals surface area (Å²) in [5, 5.41) is 12.8. The van der Waals surface area contributed by atoms with Gasteiger partial charge in [-0.15, -0.1) is 0 Å². The van der Waals surface area contributed by atoms with Crippen molar-refractivity contribution in [3.8, 4) is 0 Å². The second-order valence-electron chi connectivity index (χ2n) is 4.83. The smallest absolute Gasteiger partial charge is 0.284 e. The number of furan rings is 1. The van der Waals surface area contributed by atoms with Gasteiger partial charge < -0.3 is 14.8 Å². The number of hydrogen-bond donors (Lipinski definition) is 2. The van der Waals surface area contributed by atoms with Crippen LogP contribution in [0, 0.1) is 0 Å². The highest BCUT2D eigenvalue weighted by Gasteiger charge is 2.19. The van der Waals surface area contributed by atoms with E-state index in [9.17, 15) is 13.9 Å². The average Bonchev–Trinajstić information content (AvgIpc) is 2.84. The summed E-state index contributed by atoms with van der Waals surface area (Å²) in [5.41, 5.74) is 0. The van der Waals surface area contributed by atoms with Crippen molar-refractivity contribution in [3.63, 3.8) is 0 Å². The van der Waals surface area contributed by atoms with Crippen LogP contribution >= 0.6 is 11.8 Å². The maximum atomic E-state index is 12.0. The number of rotatable bonds is 6. The van der Waals surface area contributed by atoms with Crippen molar-refractivity contribution in [3.05, 3.63) is 23.7 Å². The highest BCUT2D eigenvalue weighted by Crippen LogP contribution is 2.22. The van der Waals surface area contributed by atoms with Crippen molar-refractivity contribution in [1.29, 1.82) is 0 Å². The number of aliphatic hydroxyl groups is 1. The number of thioether (sulfide) groups is 1. The molecule has 2 rings (SSSR count). The molecule has 3 nitrogen and oxygen atoms in total. The van der Waals surface area contributed by atoms with E-state index in [1.807, 2.05) is 6.07 Å². The van der Waals surface area contributed by atoms with Gasteiger partial charge in [0.15, 0.2) is 0 Å². The van der Waals surface area contributed by atoms with Gasteiger partial charge in [-0.2, -0.15) is 8.78 Å². The summed E-state index contributed by atoms with van der Waals surface area (Å²) >= 11 is 0.569. The van der Waals surface area contributed by atoms with Crippen LogP contribution in [-0.2, 0) is 12.3 Å². The largest absolute Gasteiger partial charge is 0.464 e. The second-order valence-corrected chi connectivity index (χ2v) is 5.80. The van der Waals surface area contributed by atoms with E-state index in [1.54, 1.807) is 6.07 Å². The van der Waals surface area contributed by atoms with Crippen LogP contribution in [0.2, 0.25) is 0 Å². The van der Waals surface area contributed by atoms with E-state index < -0.39 is 5.76 Å². The van der Waals surface area contributed by atoms with Gasteiger partial charge in [0.1, 0.15) is 11.5 Å². The first-order chi connectivity index (χ1) is 9.13. The highest BCUT2D eigenvalue weighted by molar-refractivity contribution is 7.98. The average molecular weight is 291 g/mol. The number of alkyl halides is 2. The van der Waals surface area contributed by atoms with Gasteiger partial charge in [0.2, 0.25) is 0 Å². The molecule has 1 aromatic rings. The zero-order chi connectivity index (χ0) is 13.7. The molecule has 2 N–H and O–H groups in total. The Morgan fingerprint density at radius 2 is 1.95 bits per heavy atom. The van der Waals surface area contributed by atoms with Crippen molar-refractivity contribution in [2.75, 3.05) is 0 Å². The van der Waals surface area contributed by atoms with E-state index >= 15 is 0 Å². The number of nitrogens with one attached hydrogen (secondary N) is 1. The summed E-state index contributed by atoms with van der Waals surface area (Å²) in [6, 6.07) is 3.98. The van der Waals surface area contributed by atoms with Crippen LogP contribution in [0.15, 0.2) is 16.5 Å². The Labute approximate surface area is 115 Å². The molecule has 0 radical (unpaired) electrons. The molecule has 0 aliphatic heterocycles. The molecule has 1 aromatic heterocycles. The molecule has 0 spiro atoms. The summed E-state index contributed by atoms with van der Waals surface area (Å²) in [7, 11) is 0. The molecule has 0 saturated heterocycles. The summed E-state index contributed by atoms with van der Waals surface area (Å²) in [4.78, 5) is 0. The zero-order valence-corrected chi connectivity index (χ0v) is 11.5. The third-order valence-corrected chi connectivity index (χ3v) is 4.03. The van der Waals surface area contributed by atoms with Gasteiger partial charge in [0.25, 0.3) is 5.76 Å². The topological polar surface area (TPSA) is 45.4 Å². The minimum atomic E-state index is -2.36. The third kappa shape index (κ3) is 5.12. The molecule has 1 fully saturated rings. The molecule has 0 unspecified atom stereocenters. The van der Waals surface area contributed by atoms with E-state index in [2.05, 4.69) is 5.32 Å². The predicted octanol–water partition coefficient (Wildman–Crippen LogP) is 3.13. The fourth-order valence-electron chi connectivity index (χ4n) is 2.26. The van der Waals surface area contributed by atoms with Crippen LogP contribution in [-0.4, -0.2) is 23.0 Å². The normalized spacial score (nSPS) is 24.0. The monoisotopic (exact) mass is 291 g/mol. The van der Waals surface area contributed by atoms with Crippen LogP contribution in [0.25, 0.3) is 0 Å². The van der Waals surface area contributed by atoms with E-state index in [1.165, 1.54) is 0 Å². The van der Waals surface area contributed by atoms with E-state index in [-0.39, 0.29) is 11.9 Å². The quantitative estimate of drug-likeness (QED) is 0.845. The van der Waals surface area contributed by atoms with Gasteiger partial charge in [0.05, 0.1) is 18.4 Å². The van der Waals surface area contributed by atoms with Crippen LogP contribution in [0.3, 0.4) is 0 Å². The summed E-state index contributed by atoms with van der Waals surface area (Å²) in [5.74, 6) is -0.801. The summed E-state index contributed by atoms with van der Waals surface area (Å²) in [6.45, 7) is 0.611. The summed E-state index contributed by atoms with van der Waals surface area (Å²) < 4.78 is 29.6. The second kappa shape index (κ2) is 7.26. The van der Waals surface area contributed by atoms with Crippen molar-refractivity contribution in [2.24, 2.45) is 0 Å². The molecule has 1 aliphatic rings. The number of hydrogen-bond acceptors (Lipinski definition) is 4. The van der Waals surface area contributed by atoms with Gasteiger partial charge in [-0.3, -0.25) is 0 Å².